The molecule has 1 aliphatic heterocycles. The smallest absolute Gasteiger partial charge is 0.302 e. The number of hydrogen-bond donors (Lipinski definition) is 1. The fourth-order valence-corrected chi connectivity index (χ4v) is 2.50. The molecule has 1 saturated heterocycles. The third-order valence-corrected chi connectivity index (χ3v) is 3.68. The number of hydrogen-bond acceptors (Lipinski definition) is 4. The number of amides is 3. The minimum atomic E-state index is -0.634. The molecule has 0 bridgehead atoms. The molecule has 0 aromatic heterocycles. The maximum absolute atomic E-state index is 12.5. The van der Waals surface area contributed by atoms with Gasteiger partial charge in [-0.15, -0.1) is 0 Å². The van der Waals surface area contributed by atoms with Gasteiger partial charge in [-0.05, 0) is 23.8 Å². The number of nitro groups is 1. The second-order valence-corrected chi connectivity index (χ2v) is 5.34. The average Bonchev–Trinajstić information content (AvgIpc) is 2.82. The van der Waals surface area contributed by atoms with Crippen molar-refractivity contribution in [3.63, 3.8) is 0 Å². The van der Waals surface area contributed by atoms with Crippen LogP contribution in [0.2, 0.25) is 5.02 Å². The van der Waals surface area contributed by atoms with Gasteiger partial charge < -0.3 is 5.32 Å². The van der Waals surface area contributed by atoms with Gasteiger partial charge in [-0.25, -0.2) is 9.69 Å². The van der Waals surface area contributed by atoms with E-state index in [-0.39, 0.29) is 22.1 Å². The van der Waals surface area contributed by atoms with Gasteiger partial charge >= 0.3 is 6.03 Å². The Morgan fingerprint density at radius 3 is 2.58 bits per heavy atom. The van der Waals surface area contributed by atoms with Gasteiger partial charge in [0.25, 0.3) is 11.6 Å². The van der Waals surface area contributed by atoms with E-state index in [0.29, 0.717) is 5.56 Å². The largest absolute Gasteiger partial charge is 0.333 e. The maximum atomic E-state index is 12.5. The van der Waals surface area contributed by atoms with Gasteiger partial charge in [0, 0.05) is 12.1 Å². The molecule has 1 heterocycles. The first-order valence-electron chi connectivity index (χ1n) is 6.83. The summed E-state index contributed by atoms with van der Waals surface area (Å²) in [5, 5.41) is 13.5. The van der Waals surface area contributed by atoms with E-state index in [1.807, 2.05) is 0 Å². The van der Waals surface area contributed by atoms with Crippen molar-refractivity contribution < 1.29 is 14.5 Å². The van der Waals surface area contributed by atoms with Gasteiger partial charge in [0.2, 0.25) is 0 Å². The highest BCUT2D eigenvalue weighted by Crippen LogP contribution is 2.29. The Kier molecular flexibility index (Phi) is 4.01. The van der Waals surface area contributed by atoms with E-state index >= 15 is 0 Å². The van der Waals surface area contributed by atoms with Crippen molar-refractivity contribution in [1.29, 1.82) is 0 Å². The summed E-state index contributed by atoms with van der Waals surface area (Å²) in [5.74, 6) is -0.584. The number of halogens is 1. The molecule has 0 radical (unpaired) electrons. The molecule has 1 fully saturated rings. The summed E-state index contributed by atoms with van der Waals surface area (Å²) in [6.07, 6.45) is 1.38. The molecule has 24 heavy (non-hydrogen) atoms. The Labute approximate surface area is 141 Å². The summed E-state index contributed by atoms with van der Waals surface area (Å²) >= 11 is 6.03. The molecule has 1 aliphatic rings. The van der Waals surface area contributed by atoms with E-state index in [4.69, 9.17) is 11.6 Å². The molecule has 120 valence electrons. The van der Waals surface area contributed by atoms with E-state index in [1.165, 1.54) is 24.3 Å². The minimum Gasteiger partial charge on any atom is -0.302 e. The Balaban J connectivity index is 1.96. The number of benzene rings is 2. The lowest BCUT2D eigenvalue weighted by atomic mass is 10.1. The predicted octanol–water partition coefficient (Wildman–Crippen LogP) is 3.35. The van der Waals surface area contributed by atoms with Crippen LogP contribution >= 0.6 is 11.6 Å². The van der Waals surface area contributed by atoms with E-state index in [2.05, 4.69) is 5.32 Å². The first-order valence-corrected chi connectivity index (χ1v) is 7.21. The molecule has 7 nitrogen and oxygen atoms in total. The number of nitrogens with zero attached hydrogens (tertiary/aromatic N) is 2. The van der Waals surface area contributed by atoms with E-state index in [1.54, 1.807) is 30.3 Å². The molecular weight excluding hydrogens is 334 g/mol. The summed E-state index contributed by atoms with van der Waals surface area (Å²) in [4.78, 5) is 35.8. The van der Waals surface area contributed by atoms with Crippen LogP contribution in [0.3, 0.4) is 0 Å². The van der Waals surface area contributed by atoms with Crippen LogP contribution in [-0.4, -0.2) is 16.9 Å². The zero-order chi connectivity index (χ0) is 17.3. The number of carbonyl (C=O) groups excluding carboxylic acids is 2. The molecule has 8 heteroatoms. The van der Waals surface area contributed by atoms with Gasteiger partial charge in [0.05, 0.1) is 15.6 Å². The predicted molar refractivity (Wildman–Crippen MR) is 88.5 cm³/mol. The summed E-state index contributed by atoms with van der Waals surface area (Å²) in [6.45, 7) is 0. The molecule has 2 aromatic rings. The van der Waals surface area contributed by atoms with Crippen LogP contribution in [0.15, 0.2) is 54.2 Å². The summed E-state index contributed by atoms with van der Waals surface area (Å²) in [7, 11) is 0. The van der Waals surface area contributed by atoms with Crippen molar-refractivity contribution >= 4 is 41.0 Å². The maximum Gasteiger partial charge on any atom is 0.333 e. The summed E-state index contributed by atoms with van der Waals surface area (Å²) in [5.41, 5.74) is 0.600. The molecule has 3 amide bonds. The van der Waals surface area contributed by atoms with Crippen molar-refractivity contribution in [3.8, 4) is 0 Å². The summed E-state index contributed by atoms with van der Waals surface area (Å²) in [6, 6.07) is 11.6. The molecule has 0 spiro atoms. The van der Waals surface area contributed by atoms with Gasteiger partial charge in [-0.1, -0.05) is 35.9 Å². The Morgan fingerprint density at radius 1 is 1.12 bits per heavy atom. The second-order valence-electron chi connectivity index (χ2n) is 4.93. The van der Waals surface area contributed by atoms with E-state index in [9.17, 15) is 19.7 Å². The van der Waals surface area contributed by atoms with Crippen molar-refractivity contribution in [3.05, 3.63) is 74.9 Å². The van der Waals surface area contributed by atoms with E-state index < -0.39 is 16.9 Å². The quantitative estimate of drug-likeness (QED) is 0.400. The number of urea groups is 1. The Hall–Kier alpha value is -3.19. The topological polar surface area (TPSA) is 92.5 Å². The highest BCUT2D eigenvalue weighted by molar-refractivity contribution is 6.37. The van der Waals surface area contributed by atoms with Crippen LogP contribution in [0.4, 0.5) is 16.2 Å². The van der Waals surface area contributed by atoms with Crippen LogP contribution in [0.5, 0.6) is 0 Å². The third-order valence-electron chi connectivity index (χ3n) is 3.36. The number of para-hydroxylation sites is 1. The van der Waals surface area contributed by atoms with Crippen molar-refractivity contribution in [2.75, 3.05) is 4.90 Å². The van der Waals surface area contributed by atoms with Crippen LogP contribution in [0.1, 0.15) is 5.56 Å². The summed E-state index contributed by atoms with van der Waals surface area (Å²) < 4.78 is 0. The fraction of sp³-hybridized carbons (Fsp3) is 0. The number of nitro benzene ring substituents is 1. The number of non-ortho nitro benzene ring substituents is 1. The molecule has 0 aliphatic carbocycles. The van der Waals surface area contributed by atoms with Gasteiger partial charge in [-0.2, -0.15) is 0 Å². The molecular formula is C16H10ClN3O4. The number of imide groups is 1. The highest BCUT2D eigenvalue weighted by atomic mass is 35.5. The molecule has 2 aromatic carbocycles. The molecule has 0 unspecified atom stereocenters. The van der Waals surface area contributed by atoms with Gasteiger partial charge in [-0.3, -0.25) is 14.9 Å². The Bertz CT molecular complexity index is 894. The van der Waals surface area contributed by atoms with Crippen LogP contribution < -0.4 is 10.2 Å². The minimum absolute atomic E-state index is 0.0143. The zero-order valence-corrected chi connectivity index (χ0v) is 12.9. The van der Waals surface area contributed by atoms with Gasteiger partial charge in [0.15, 0.2) is 0 Å². The van der Waals surface area contributed by atoms with Crippen LogP contribution in [0.25, 0.3) is 6.08 Å². The lowest BCUT2D eigenvalue weighted by molar-refractivity contribution is -0.384. The Morgan fingerprint density at radius 2 is 1.88 bits per heavy atom. The number of anilines is 1. The fourth-order valence-electron chi connectivity index (χ4n) is 2.28. The highest BCUT2D eigenvalue weighted by Gasteiger charge is 2.35. The first kappa shape index (κ1) is 15.7. The molecule has 1 N–H and O–H groups in total. The average molecular weight is 344 g/mol. The van der Waals surface area contributed by atoms with Crippen LogP contribution in [0, 0.1) is 10.1 Å². The molecule has 0 saturated carbocycles. The number of nitrogens with one attached hydrogen (secondary N) is 1. The third kappa shape index (κ3) is 2.84. The normalized spacial score (nSPS) is 15.7. The molecule has 3 rings (SSSR count). The number of carbonyl (C=O) groups is 2. The standard InChI is InChI=1S/C16H10ClN3O4/c17-12-6-1-2-7-14(12)19-15(21)13(18-16(19)22)9-10-4-3-5-11(8-10)20(23)24/h1-9H,(H,18,22)/b13-9+. The first-order chi connectivity index (χ1) is 11.5. The SMILES string of the molecule is O=C1N/C(=C/c2cccc([N+](=O)[O-])c2)C(=O)N1c1ccccc1Cl. The number of rotatable bonds is 3. The van der Waals surface area contributed by atoms with Gasteiger partial charge in [0.1, 0.15) is 5.70 Å². The zero-order valence-electron chi connectivity index (χ0n) is 12.1. The second kappa shape index (κ2) is 6.13. The van der Waals surface area contributed by atoms with E-state index in [0.717, 1.165) is 4.90 Å². The van der Waals surface area contributed by atoms with Crippen molar-refractivity contribution in [2.24, 2.45) is 0 Å². The van der Waals surface area contributed by atoms with Crippen LogP contribution in [-0.2, 0) is 4.79 Å². The van der Waals surface area contributed by atoms with Crippen molar-refractivity contribution in [2.45, 2.75) is 0 Å². The monoisotopic (exact) mass is 343 g/mol. The molecule has 0 atom stereocenters. The lowest BCUT2D eigenvalue weighted by Gasteiger charge is -2.13. The van der Waals surface area contributed by atoms with Crippen molar-refractivity contribution in [1.82, 2.24) is 5.32 Å². The lowest BCUT2D eigenvalue weighted by Crippen LogP contribution is -2.30.